The van der Waals surface area contributed by atoms with Crippen LogP contribution >= 0.6 is 0 Å². The number of fused-ring (bicyclic) bond motifs is 10. The molecule has 262 valence electrons. The SMILES string of the molecule is [B]c1c([B])c([B])c(-c2nc(-c3c([B])c([B])c([B])c([B])c3[B])nc(-c3cc(-n4c5ccc6ccccc6c5c5ccc6ccccc6c54)cc4oc5ccccc5c34)n2)c([B])c1[B]. The molecule has 0 aliphatic heterocycles. The van der Waals surface area contributed by atoms with Gasteiger partial charge >= 0.3 is 0 Å². The second-order valence-corrected chi connectivity index (χ2v) is 15.4. The van der Waals surface area contributed by atoms with Crippen LogP contribution in [0.15, 0.2) is 114 Å². The minimum Gasteiger partial charge on any atom is -0.456 e. The summed E-state index contributed by atoms with van der Waals surface area (Å²) in [4.78, 5) is 15.0. The number of hydrogen-bond donors (Lipinski definition) is 0. The summed E-state index contributed by atoms with van der Waals surface area (Å²) >= 11 is 0. The predicted octanol–water partition coefficient (Wildman–Crippen LogP) is 0.114. The molecule has 11 rings (SSSR count). The van der Waals surface area contributed by atoms with Crippen molar-refractivity contribution in [2.45, 2.75) is 0 Å². The van der Waals surface area contributed by atoms with Crippen molar-refractivity contribution < 1.29 is 4.42 Å². The maximum absolute atomic E-state index is 6.67. The number of aromatic nitrogens is 4. The van der Waals surface area contributed by atoms with Gasteiger partial charge in [0, 0.05) is 49.7 Å². The van der Waals surface area contributed by atoms with Gasteiger partial charge in [0.05, 0.1) is 16.7 Å². The summed E-state index contributed by atoms with van der Waals surface area (Å²) in [5, 5.41) is 8.11. The van der Waals surface area contributed by atoms with E-state index in [0.29, 0.717) is 16.7 Å². The maximum Gasteiger partial charge on any atom is 0.164 e. The van der Waals surface area contributed by atoms with Gasteiger partial charge in [0.15, 0.2) is 17.5 Å². The lowest BCUT2D eigenvalue weighted by Gasteiger charge is -2.23. The van der Waals surface area contributed by atoms with Crippen LogP contribution in [0.2, 0.25) is 0 Å². The fourth-order valence-corrected chi connectivity index (χ4v) is 8.86. The molecule has 11 aromatic rings. The molecule has 62 heavy (non-hydrogen) atoms. The van der Waals surface area contributed by atoms with Gasteiger partial charge in [-0.25, -0.2) is 15.0 Å². The van der Waals surface area contributed by atoms with E-state index in [1.807, 2.05) is 54.6 Å². The number of nitrogens with zero attached hydrogens (tertiary/aromatic N) is 4. The first-order valence-corrected chi connectivity index (χ1v) is 19.5. The molecule has 0 aliphatic rings. The van der Waals surface area contributed by atoms with E-state index >= 15 is 0 Å². The third-order valence-corrected chi connectivity index (χ3v) is 12.0. The molecule has 3 aromatic heterocycles. The number of hydrogen-bond acceptors (Lipinski definition) is 4. The summed E-state index contributed by atoms with van der Waals surface area (Å²) in [6.45, 7) is 0. The van der Waals surface area contributed by atoms with Crippen molar-refractivity contribution >= 4 is 198 Å². The molecule has 0 saturated carbocycles. The molecule has 3 heterocycles. The lowest BCUT2D eigenvalue weighted by Crippen LogP contribution is -2.55. The van der Waals surface area contributed by atoms with E-state index in [1.165, 1.54) is 0 Å². The summed E-state index contributed by atoms with van der Waals surface area (Å²) in [5.74, 6) is 0.152. The van der Waals surface area contributed by atoms with E-state index in [9.17, 15) is 0 Å². The van der Waals surface area contributed by atoms with Gasteiger partial charge in [0.2, 0.25) is 0 Å². The molecule has 0 fully saturated rings. The summed E-state index contributed by atoms with van der Waals surface area (Å²) in [6.07, 6.45) is 0. The number of furan rings is 1. The van der Waals surface area contributed by atoms with Crippen molar-refractivity contribution in [1.82, 2.24) is 19.5 Å². The Bertz CT molecular complexity index is 3640. The van der Waals surface area contributed by atoms with E-state index in [0.717, 1.165) is 59.8 Å². The molecule has 0 spiro atoms. The second-order valence-electron chi connectivity index (χ2n) is 15.4. The van der Waals surface area contributed by atoms with Crippen LogP contribution in [-0.4, -0.2) is 98.0 Å². The molecule has 5 nitrogen and oxygen atoms in total. The molecule has 0 atom stereocenters. The molecule has 0 amide bonds. The standard InChI is InChI=1S/C47H18B10N4O/c48-34-32(35(49)39(53)42(56)38(34)52)46-58-45(59-47(60-46)33-36(50)40(54)43(57)41(55)37(33)51)26-17-21(18-29-31(26)24-11-5-6-12-28(24)62-29)61-27-16-14-19-7-1-3-9-22(19)30(27)25-15-13-20-8-2-4-10-23(20)44(25)61/h1-18H. The predicted molar refractivity (Wildman–Crippen MR) is 267 cm³/mol. The molecule has 8 aromatic carbocycles. The smallest absolute Gasteiger partial charge is 0.164 e. The molecular formula is C47H18B10N4O. The summed E-state index contributed by atoms with van der Waals surface area (Å²) in [6, 6.07) is 37.1. The van der Waals surface area contributed by atoms with Crippen LogP contribution in [0.3, 0.4) is 0 Å². The zero-order chi connectivity index (χ0) is 42.9. The average molecular weight is 763 g/mol. The van der Waals surface area contributed by atoms with Crippen LogP contribution in [0.4, 0.5) is 0 Å². The van der Waals surface area contributed by atoms with Crippen LogP contribution in [0, 0.1) is 0 Å². The van der Waals surface area contributed by atoms with Crippen LogP contribution < -0.4 is 54.6 Å². The summed E-state index contributed by atoms with van der Waals surface area (Å²) in [7, 11) is 64.6. The first kappa shape index (κ1) is 38.5. The van der Waals surface area contributed by atoms with Crippen molar-refractivity contribution in [3.8, 4) is 39.9 Å². The highest BCUT2D eigenvalue weighted by Crippen LogP contribution is 2.43. The van der Waals surface area contributed by atoms with Crippen LogP contribution in [-0.2, 0) is 0 Å². The van der Waals surface area contributed by atoms with Crippen molar-refractivity contribution in [3.63, 3.8) is 0 Å². The molecule has 0 bridgehead atoms. The Balaban J connectivity index is 1.31. The largest absolute Gasteiger partial charge is 0.456 e. The van der Waals surface area contributed by atoms with Crippen molar-refractivity contribution in [2.75, 3.05) is 0 Å². The zero-order valence-corrected chi connectivity index (χ0v) is 32.9. The number of para-hydroxylation sites is 1. The fraction of sp³-hybridized carbons (Fsp3) is 0. The normalized spacial score (nSPS) is 11.9. The van der Waals surface area contributed by atoms with Crippen LogP contribution in [0.25, 0.3) is 105 Å². The highest BCUT2D eigenvalue weighted by Gasteiger charge is 2.25. The molecule has 0 saturated heterocycles. The minimum atomic E-state index is -0.00755. The Morgan fingerprint density at radius 3 is 1.48 bits per heavy atom. The average Bonchev–Trinajstić information content (AvgIpc) is 3.85. The third kappa shape index (κ3) is 5.46. The topological polar surface area (TPSA) is 56.7 Å². The zero-order valence-electron chi connectivity index (χ0n) is 32.9. The highest BCUT2D eigenvalue weighted by atomic mass is 16.3. The second kappa shape index (κ2) is 14.0. The van der Waals surface area contributed by atoms with E-state index in [-0.39, 0.29) is 83.2 Å². The molecule has 0 N–H and O–H groups in total. The fourth-order valence-electron chi connectivity index (χ4n) is 8.86. The number of benzene rings is 8. The van der Waals surface area contributed by atoms with Crippen molar-refractivity contribution in [3.05, 3.63) is 109 Å². The molecule has 0 aliphatic carbocycles. The van der Waals surface area contributed by atoms with Gasteiger partial charge in [-0.1, -0.05) is 107 Å². The first-order valence-electron chi connectivity index (χ1n) is 19.5. The van der Waals surface area contributed by atoms with Gasteiger partial charge in [-0.05, 0) is 34.4 Å². The quantitative estimate of drug-likeness (QED) is 0.240. The van der Waals surface area contributed by atoms with E-state index in [4.69, 9.17) is 97.8 Å². The molecule has 20 radical (unpaired) electrons. The minimum absolute atomic E-state index is 0.00606. The molecule has 0 unspecified atom stereocenters. The molecular weight excluding hydrogens is 745 g/mol. The monoisotopic (exact) mass is 764 g/mol. The van der Waals surface area contributed by atoms with Crippen LogP contribution in [0.1, 0.15) is 0 Å². The van der Waals surface area contributed by atoms with Gasteiger partial charge in [0.25, 0.3) is 0 Å². The lowest BCUT2D eigenvalue weighted by molar-refractivity contribution is 0.668. The Kier molecular flexibility index (Phi) is 8.71. The first-order chi connectivity index (χ1) is 29.9. The Labute approximate surface area is 369 Å². The van der Waals surface area contributed by atoms with Crippen LogP contribution in [0.5, 0.6) is 0 Å². The van der Waals surface area contributed by atoms with Crippen molar-refractivity contribution in [2.24, 2.45) is 0 Å². The summed E-state index contributed by atoms with van der Waals surface area (Å²) in [5.41, 5.74) is 4.88. The number of rotatable bonds is 4. The Morgan fingerprint density at radius 1 is 0.387 bits per heavy atom. The highest BCUT2D eigenvalue weighted by molar-refractivity contribution is 6.70. The van der Waals surface area contributed by atoms with E-state index in [2.05, 4.69) is 59.2 Å². The van der Waals surface area contributed by atoms with E-state index < -0.39 is 0 Å². The Hall–Kier alpha value is -6.46. The summed E-state index contributed by atoms with van der Waals surface area (Å²) < 4.78 is 8.93. The lowest BCUT2D eigenvalue weighted by atomic mass is 9.60. The van der Waals surface area contributed by atoms with Gasteiger partial charge in [-0.15, -0.1) is 32.8 Å². The van der Waals surface area contributed by atoms with Crippen molar-refractivity contribution in [1.29, 1.82) is 0 Å². The Morgan fingerprint density at radius 2 is 0.871 bits per heavy atom. The maximum atomic E-state index is 6.67. The van der Waals surface area contributed by atoms with E-state index in [1.54, 1.807) is 0 Å². The third-order valence-electron chi connectivity index (χ3n) is 12.0. The van der Waals surface area contributed by atoms with Gasteiger partial charge in [-0.3, -0.25) is 0 Å². The van der Waals surface area contributed by atoms with Gasteiger partial charge in [-0.2, -0.15) is 0 Å². The molecule has 15 heteroatoms. The van der Waals surface area contributed by atoms with Gasteiger partial charge in [0.1, 0.15) is 89.6 Å². The van der Waals surface area contributed by atoms with Gasteiger partial charge < -0.3 is 8.98 Å².